The van der Waals surface area contributed by atoms with E-state index in [4.69, 9.17) is 5.73 Å². The molecular formula is C15H31N5. The Hall–Kier alpha value is -0.810. The Morgan fingerprint density at radius 3 is 2.75 bits per heavy atom. The van der Waals surface area contributed by atoms with Crippen molar-refractivity contribution in [2.24, 2.45) is 10.7 Å². The highest BCUT2D eigenvalue weighted by molar-refractivity contribution is 5.77. The third-order valence-corrected chi connectivity index (χ3v) is 4.56. The number of hydrogen-bond acceptors (Lipinski definition) is 3. The molecule has 2 fully saturated rings. The standard InChI is InChI=1S/C15H31N5/c1-2-20-11-6-7-14(20)13-18-15(16)17-8-12-19-9-4-3-5-10-19/h14H,2-13H2,1H3,(H3,16,17,18). The molecule has 0 aliphatic carbocycles. The maximum Gasteiger partial charge on any atom is 0.188 e. The molecule has 0 saturated carbocycles. The van der Waals surface area contributed by atoms with Crippen molar-refractivity contribution in [1.29, 1.82) is 0 Å². The van der Waals surface area contributed by atoms with Crippen LogP contribution >= 0.6 is 0 Å². The molecule has 116 valence electrons. The second-order valence-electron chi connectivity index (χ2n) is 5.98. The van der Waals surface area contributed by atoms with Gasteiger partial charge >= 0.3 is 0 Å². The molecular weight excluding hydrogens is 250 g/mol. The zero-order chi connectivity index (χ0) is 14.2. The first-order chi connectivity index (χ1) is 9.79. The molecule has 0 spiro atoms. The van der Waals surface area contributed by atoms with Gasteiger partial charge in [-0.1, -0.05) is 13.3 Å². The first-order valence-electron chi connectivity index (χ1n) is 8.30. The van der Waals surface area contributed by atoms with E-state index in [1.165, 1.54) is 51.7 Å². The van der Waals surface area contributed by atoms with Crippen LogP contribution in [0.25, 0.3) is 0 Å². The SMILES string of the molecule is CCN1CCCC1CN=C(N)NCCN1CCCCC1. The van der Waals surface area contributed by atoms with E-state index < -0.39 is 0 Å². The van der Waals surface area contributed by atoms with Crippen LogP contribution in [0.2, 0.25) is 0 Å². The quantitative estimate of drug-likeness (QED) is 0.560. The van der Waals surface area contributed by atoms with E-state index >= 15 is 0 Å². The minimum Gasteiger partial charge on any atom is -0.370 e. The van der Waals surface area contributed by atoms with Crippen molar-refractivity contribution in [3.8, 4) is 0 Å². The van der Waals surface area contributed by atoms with Crippen LogP contribution in [0.3, 0.4) is 0 Å². The number of nitrogens with two attached hydrogens (primary N) is 1. The molecule has 0 bridgehead atoms. The lowest BCUT2D eigenvalue weighted by atomic mass is 10.1. The van der Waals surface area contributed by atoms with Crippen molar-refractivity contribution in [1.82, 2.24) is 15.1 Å². The number of guanidine groups is 1. The lowest BCUT2D eigenvalue weighted by Crippen LogP contribution is -2.41. The van der Waals surface area contributed by atoms with E-state index in [9.17, 15) is 0 Å². The molecule has 0 amide bonds. The summed E-state index contributed by atoms with van der Waals surface area (Å²) in [5.74, 6) is 0.616. The Labute approximate surface area is 123 Å². The molecule has 0 aromatic heterocycles. The Balaban J connectivity index is 1.61. The largest absolute Gasteiger partial charge is 0.370 e. The van der Waals surface area contributed by atoms with Crippen molar-refractivity contribution in [3.63, 3.8) is 0 Å². The van der Waals surface area contributed by atoms with E-state index in [2.05, 4.69) is 27.0 Å². The molecule has 1 atom stereocenters. The average Bonchev–Trinajstić information content (AvgIpc) is 2.94. The van der Waals surface area contributed by atoms with Crippen molar-refractivity contribution in [2.45, 2.75) is 45.1 Å². The molecule has 3 N–H and O–H groups in total. The van der Waals surface area contributed by atoms with Crippen LogP contribution < -0.4 is 11.1 Å². The summed E-state index contributed by atoms with van der Waals surface area (Å²) in [5.41, 5.74) is 5.96. The maximum absolute atomic E-state index is 5.96. The number of nitrogens with zero attached hydrogens (tertiary/aromatic N) is 3. The number of hydrogen-bond donors (Lipinski definition) is 2. The van der Waals surface area contributed by atoms with Crippen LogP contribution in [0.5, 0.6) is 0 Å². The van der Waals surface area contributed by atoms with Gasteiger partial charge in [-0.15, -0.1) is 0 Å². The molecule has 2 saturated heterocycles. The van der Waals surface area contributed by atoms with Gasteiger partial charge in [-0.25, -0.2) is 0 Å². The minimum absolute atomic E-state index is 0.599. The van der Waals surface area contributed by atoms with Crippen LogP contribution in [-0.4, -0.2) is 67.6 Å². The molecule has 2 rings (SSSR count). The number of nitrogens with one attached hydrogen (secondary N) is 1. The third-order valence-electron chi connectivity index (χ3n) is 4.56. The zero-order valence-corrected chi connectivity index (χ0v) is 13.0. The van der Waals surface area contributed by atoms with Gasteiger partial charge in [0.1, 0.15) is 0 Å². The average molecular weight is 281 g/mol. The molecule has 0 radical (unpaired) electrons. The van der Waals surface area contributed by atoms with E-state index in [1.54, 1.807) is 0 Å². The highest BCUT2D eigenvalue weighted by Gasteiger charge is 2.22. The Bertz CT molecular complexity index is 299. The van der Waals surface area contributed by atoms with Gasteiger partial charge in [-0.05, 0) is 51.9 Å². The molecule has 0 aromatic rings. The van der Waals surface area contributed by atoms with E-state index in [-0.39, 0.29) is 0 Å². The van der Waals surface area contributed by atoms with Gasteiger partial charge < -0.3 is 16.0 Å². The van der Waals surface area contributed by atoms with E-state index in [0.717, 1.165) is 26.2 Å². The van der Waals surface area contributed by atoms with Crippen molar-refractivity contribution in [3.05, 3.63) is 0 Å². The van der Waals surface area contributed by atoms with Gasteiger partial charge in [0.05, 0.1) is 6.54 Å². The number of rotatable bonds is 6. The van der Waals surface area contributed by atoms with Gasteiger partial charge in [0, 0.05) is 19.1 Å². The Morgan fingerprint density at radius 2 is 2.00 bits per heavy atom. The van der Waals surface area contributed by atoms with Crippen LogP contribution in [-0.2, 0) is 0 Å². The summed E-state index contributed by atoms with van der Waals surface area (Å²) in [5, 5.41) is 3.25. The first kappa shape index (κ1) is 15.6. The molecule has 2 heterocycles. The number of likely N-dealkylation sites (N-methyl/N-ethyl adjacent to an activating group) is 1. The van der Waals surface area contributed by atoms with Crippen molar-refractivity contribution >= 4 is 5.96 Å². The smallest absolute Gasteiger partial charge is 0.188 e. The monoisotopic (exact) mass is 281 g/mol. The van der Waals surface area contributed by atoms with Gasteiger partial charge in [-0.3, -0.25) is 9.89 Å². The summed E-state index contributed by atoms with van der Waals surface area (Å²) < 4.78 is 0. The first-order valence-corrected chi connectivity index (χ1v) is 8.30. The molecule has 5 heteroatoms. The molecule has 2 aliphatic heterocycles. The van der Waals surface area contributed by atoms with E-state index in [0.29, 0.717) is 12.0 Å². The van der Waals surface area contributed by atoms with Crippen molar-refractivity contribution in [2.75, 3.05) is 45.8 Å². The van der Waals surface area contributed by atoms with E-state index in [1.807, 2.05) is 0 Å². The second kappa shape index (κ2) is 8.47. The number of aliphatic imine (C=N–C) groups is 1. The fraction of sp³-hybridized carbons (Fsp3) is 0.933. The lowest BCUT2D eigenvalue weighted by Gasteiger charge is -2.26. The summed E-state index contributed by atoms with van der Waals surface area (Å²) >= 11 is 0. The fourth-order valence-corrected chi connectivity index (χ4v) is 3.30. The molecule has 0 aromatic carbocycles. The normalized spacial score (nSPS) is 26.1. The predicted molar refractivity (Wildman–Crippen MR) is 85.1 cm³/mol. The van der Waals surface area contributed by atoms with Gasteiger partial charge in [0.2, 0.25) is 0 Å². The fourth-order valence-electron chi connectivity index (χ4n) is 3.30. The van der Waals surface area contributed by atoms with Crippen LogP contribution in [0.4, 0.5) is 0 Å². The number of piperidine rings is 1. The highest BCUT2D eigenvalue weighted by Crippen LogP contribution is 2.16. The molecule has 5 nitrogen and oxygen atoms in total. The topological polar surface area (TPSA) is 56.9 Å². The van der Waals surface area contributed by atoms with Gasteiger partial charge in [0.15, 0.2) is 5.96 Å². The highest BCUT2D eigenvalue weighted by atomic mass is 15.2. The third kappa shape index (κ3) is 4.94. The second-order valence-corrected chi connectivity index (χ2v) is 5.98. The minimum atomic E-state index is 0.599. The van der Waals surface area contributed by atoms with Crippen LogP contribution in [0.1, 0.15) is 39.0 Å². The molecule has 20 heavy (non-hydrogen) atoms. The van der Waals surface area contributed by atoms with Gasteiger partial charge in [-0.2, -0.15) is 0 Å². The van der Waals surface area contributed by atoms with Gasteiger partial charge in [0.25, 0.3) is 0 Å². The molecule has 1 unspecified atom stereocenters. The lowest BCUT2D eigenvalue weighted by molar-refractivity contribution is 0.232. The predicted octanol–water partition coefficient (Wildman–Crippen LogP) is 0.861. The van der Waals surface area contributed by atoms with Crippen LogP contribution in [0.15, 0.2) is 4.99 Å². The summed E-state index contributed by atoms with van der Waals surface area (Å²) in [4.78, 5) is 9.53. The Morgan fingerprint density at radius 1 is 1.20 bits per heavy atom. The zero-order valence-electron chi connectivity index (χ0n) is 13.0. The summed E-state index contributed by atoms with van der Waals surface area (Å²) in [6.45, 7) is 9.90. The summed E-state index contributed by atoms with van der Waals surface area (Å²) in [7, 11) is 0. The Kier molecular flexibility index (Phi) is 6.60. The summed E-state index contributed by atoms with van der Waals surface area (Å²) in [6.07, 6.45) is 6.65. The maximum atomic E-state index is 5.96. The molecule has 2 aliphatic rings. The summed E-state index contributed by atoms with van der Waals surface area (Å²) in [6, 6.07) is 0.599. The number of likely N-dealkylation sites (tertiary alicyclic amines) is 2. The van der Waals surface area contributed by atoms with Crippen LogP contribution in [0, 0.1) is 0 Å². The van der Waals surface area contributed by atoms with Crippen molar-refractivity contribution < 1.29 is 0 Å².